The minimum absolute atomic E-state index is 0.391. The van der Waals surface area contributed by atoms with Gasteiger partial charge >= 0.3 is 5.97 Å². The zero-order valence-corrected chi connectivity index (χ0v) is 19.7. The maximum Gasteiger partial charge on any atom is 0.340 e. The molecule has 3 heteroatoms. The second-order valence-corrected chi connectivity index (χ2v) is 8.20. The van der Waals surface area contributed by atoms with Crippen LogP contribution >= 0.6 is 9.47 Å². The Morgan fingerprint density at radius 3 is 1.32 bits per heavy atom. The highest BCUT2D eigenvalue weighted by molar-refractivity contribution is 7.10. The molecule has 0 amide bonds. The van der Waals surface area contributed by atoms with Gasteiger partial charge in [-0.05, 0) is 45.0 Å². The molecule has 0 fully saturated rings. The van der Waals surface area contributed by atoms with E-state index >= 15 is 0 Å². The average Bonchev–Trinajstić information content (AvgIpc) is 2.93. The molecule has 0 N–H and O–H groups in total. The standard InChI is InChI=1S/C31H23O2P/c32-31(33-34)27-21-26(22-13-5-1-6-14-22)28(23-15-7-2-8-16-23)30(25-19-11-4-12-20-25)29(27)24-17-9-3-10-18-24/h1-21H,34H2. The van der Waals surface area contributed by atoms with E-state index in [-0.39, 0.29) is 0 Å². The SMILES string of the molecule is O=C(OP)c1cc(-c2ccccc2)c(-c2ccccc2)c(-c2ccccc2)c1-c1ccccc1. The Balaban J connectivity index is 2.01. The lowest BCUT2D eigenvalue weighted by molar-refractivity contribution is 0.0766. The van der Waals surface area contributed by atoms with Gasteiger partial charge in [0.15, 0.2) is 0 Å². The second-order valence-electron chi connectivity index (χ2n) is 7.97. The Bertz CT molecular complexity index is 1410. The molecule has 34 heavy (non-hydrogen) atoms. The van der Waals surface area contributed by atoms with E-state index in [1.165, 1.54) is 0 Å². The highest BCUT2D eigenvalue weighted by Crippen LogP contribution is 2.47. The third-order valence-electron chi connectivity index (χ3n) is 5.93. The zero-order valence-electron chi connectivity index (χ0n) is 18.5. The number of hydrogen-bond donors (Lipinski definition) is 0. The van der Waals surface area contributed by atoms with Gasteiger partial charge in [-0.1, -0.05) is 121 Å². The van der Waals surface area contributed by atoms with E-state index in [1.807, 2.05) is 91.0 Å². The Hall–Kier alpha value is -4.00. The maximum atomic E-state index is 13.2. The molecule has 164 valence electrons. The Labute approximate surface area is 202 Å². The Morgan fingerprint density at radius 1 is 0.500 bits per heavy atom. The van der Waals surface area contributed by atoms with Crippen LogP contribution < -0.4 is 0 Å². The first-order valence-electron chi connectivity index (χ1n) is 11.1. The van der Waals surface area contributed by atoms with Gasteiger partial charge in [0.2, 0.25) is 0 Å². The van der Waals surface area contributed by atoms with Crippen molar-refractivity contribution in [1.82, 2.24) is 0 Å². The van der Waals surface area contributed by atoms with Crippen molar-refractivity contribution in [3.05, 3.63) is 133 Å². The molecule has 0 saturated carbocycles. The lowest BCUT2D eigenvalue weighted by atomic mass is 9.80. The summed E-state index contributed by atoms with van der Waals surface area (Å²) in [6.07, 6.45) is 0. The van der Waals surface area contributed by atoms with Crippen LogP contribution in [0.5, 0.6) is 0 Å². The largest absolute Gasteiger partial charge is 0.448 e. The fourth-order valence-corrected chi connectivity index (χ4v) is 4.58. The fraction of sp³-hybridized carbons (Fsp3) is 0. The van der Waals surface area contributed by atoms with E-state index in [0.29, 0.717) is 5.56 Å². The summed E-state index contributed by atoms with van der Waals surface area (Å²) in [7, 11) is 2.10. The average molecular weight is 458 g/mol. The first-order chi connectivity index (χ1) is 16.8. The van der Waals surface area contributed by atoms with Gasteiger partial charge in [-0.25, -0.2) is 4.79 Å². The van der Waals surface area contributed by atoms with Crippen LogP contribution in [0.3, 0.4) is 0 Å². The van der Waals surface area contributed by atoms with Crippen LogP contribution in [-0.4, -0.2) is 5.97 Å². The first-order valence-corrected chi connectivity index (χ1v) is 11.6. The van der Waals surface area contributed by atoms with Gasteiger partial charge in [0.05, 0.1) is 15.0 Å². The lowest BCUT2D eigenvalue weighted by Crippen LogP contribution is -2.05. The fourth-order valence-electron chi connectivity index (χ4n) is 4.46. The summed E-state index contributed by atoms with van der Waals surface area (Å²) in [5.74, 6) is -0.391. The molecule has 0 aliphatic heterocycles. The van der Waals surface area contributed by atoms with Gasteiger partial charge < -0.3 is 4.52 Å². The van der Waals surface area contributed by atoms with Crippen molar-refractivity contribution in [3.63, 3.8) is 0 Å². The van der Waals surface area contributed by atoms with Crippen molar-refractivity contribution < 1.29 is 9.32 Å². The van der Waals surface area contributed by atoms with Crippen molar-refractivity contribution >= 4 is 15.4 Å². The molecule has 5 rings (SSSR count). The van der Waals surface area contributed by atoms with Crippen molar-refractivity contribution in [2.24, 2.45) is 0 Å². The van der Waals surface area contributed by atoms with Crippen molar-refractivity contribution in [3.8, 4) is 44.5 Å². The normalized spacial score (nSPS) is 10.6. The third-order valence-corrected chi connectivity index (χ3v) is 6.14. The zero-order chi connectivity index (χ0) is 23.3. The molecule has 0 aliphatic rings. The predicted molar refractivity (Wildman–Crippen MR) is 143 cm³/mol. The van der Waals surface area contributed by atoms with Crippen molar-refractivity contribution in [1.29, 1.82) is 0 Å². The Kier molecular flexibility index (Phi) is 6.33. The molecule has 0 aliphatic carbocycles. The number of carbonyl (C=O) groups is 1. The maximum absolute atomic E-state index is 13.2. The summed E-state index contributed by atoms with van der Waals surface area (Å²) in [5, 5.41) is 0. The van der Waals surface area contributed by atoms with E-state index in [0.717, 1.165) is 44.5 Å². The van der Waals surface area contributed by atoms with Gasteiger partial charge in [-0.15, -0.1) is 0 Å². The van der Waals surface area contributed by atoms with Crippen LogP contribution in [0.2, 0.25) is 0 Å². The Morgan fingerprint density at radius 2 is 0.882 bits per heavy atom. The van der Waals surface area contributed by atoms with Gasteiger partial charge in [0.1, 0.15) is 0 Å². The molecule has 1 unspecified atom stereocenters. The van der Waals surface area contributed by atoms with Crippen LogP contribution in [0, 0.1) is 0 Å². The molecule has 5 aromatic rings. The molecule has 0 spiro atoms. The molecule has 1 atom stereocenters. The van der Waals surface area contributed by atoms with Crippen molar-refractivity contribution in [2.45, 2.75) is 0 Å². The van der Waals surface area contributed by atoms with Crippen LogP contribution in [0.15, 0.2) is 127 Å². The van der Waals surface area contributed by atoms with E-state index in [9.17, 15) is 4.79 Å². The molecular formula is C31H23O2P. The van der Waals surface area contributed by atoms with Crippen LogP contribution in [0.1, 0.15) is 10.4 Å². The monoisotopic (exact) mass is 458 g/mol. The van der Waals surface area contributed by atoms with E-state index in [2.05, 4.69) is 45.9 Å². The molecule has 0 bridgehead atoms. The smallest absolute Gasteiger partial charge is 0.340 e. The van der Waals surface area contributed by atoms with Gasteiger partial charge in [-0.2, -0.15) is 0 Å². The van der Waals surface area contributed by atoms with Crippen molar-refractivity contribution in [2.75, 3.05) is 0 Å². The lowest BCUT2D eigenvalue weighted by Gasteiger charge is -2.23. The molecule has 0 radical (unpaired) electrons. The number of hydrogen-bond acceptors (Lipinski definition) is 2. The summed E-state index contributed by atoms with van der Waals surface area (Å²) in [6.45, 7) is 0. The van der Waals surface area contributed by atoms with E-state index in [4.69, 9.17) is 4.52 Å². The molecular weight excluding hydrogens is 435 g/mol. The third kappa shape index (κ3) is 4.17. The van der Waals surface area contributed by atoms with Gasteiger partial charge in [-0.3, -0.25) is 0 Å². The number of carbonyl (C=O) groups excluding carboxylic acids is 1. The molecule has 0 heterocycles. The summed E-state index contributed by atoms with van der Waals surface area (Å²) >= 11 is 0. The molecule has 0 saturated heterocycles. The summed E-state index contributed by atoms with van der Waals surface area (Å²) in [4.78, 5) is 13.2. The summed E-state index contributed by atoms with van der Waals surface area (Å²) in [6, 6.07) is 42.8. The van der Waals surface area contributed by atoms with E-state index in [1.54, 1.807) is 0 Å². The minimum Gasteiger partial charge on any atom is -0.448 e. The van der Waals surface area contributed by atoms with Crippen LogP contribution in [-0.2, 0) is 4.52 Å². The minimum atomic E-state index is -0.391. The highest BCUT2D eigenvalue weighted by Gasteiger charge is 2.25. The van der Waals surface area contributed by atoms with Gasteiger partial charge in [0, 0.05) is 5.56 Å². The quantitative estimate of drug-likeness (QED) is 0.248. The summed E-state index contributed by atoms with van der Waals surface area (Å²) < 4.78 is 5.20. The van der Waals surface area contributed by atoms with Crippen LogP contribution in [0.25, 0.3) is 44.5 Å². The predicted octanol–water partition coefficient (Wildman–Crippen LogP) is 8.30. The number of rotatable bonds is 5. The molecule has 0 aromatic heterocycles. The van der Waals surface area contributed by atoms with Gasteiger partial charge in [0.25, 0.3) is 0 Å². The highest BCUT2D eigenvalue weighted by atomic mass is 31.0. The topological polar surface area (TPSA) is 26.3 Å². The number of benzene rings is 5. The molecule has 5 aromatic carbocycles. The summed E-state index contributed by atoms with van der Waals surface area (Å²) in [5.41, 5.74) is 8.58. The van der Waals surface area contributed by atoms with E-state index < -0.39 is 5.97 Å². The van der Waals surface area contributed by atoms with Crippen LogP contribution in [0.4, 0.5) is 0 Å². The first kappa shape index (κ1) is 21.8. The molecule has 2 nitrogen and oxygen atoms in total. The second kappa shape index (κ2) is 9.87.